The second-order valence-corrected chi connectivity index (χ2v) is 36.1. The Morgan fingerprint density at radius 1 is 0.169 bits per heavy atom. The minimum atomic E-state index is 0.544. The van der Waals surface area contributed by atoms with Crippen LogP contribution in [0.4, 0.5) is 0 Å². The predicted molar refractivity (Wildman–Crippen MR) is 544 cm³/mol. The Kier molecular flexibility index (Phi) is 15.8. The molecule has 12 heteroatoms. The Morgan fingerprint density at radius 2 is 0.492 bits per heavy atom. The van der Waals surface area contributed by atoms with Crippen molar-refractivity contribution >= 4 is 193 Å². The van der Waals surface area contributed by atoms with Crippen molar-refractivity contribution in [2.75, 3.05) is 0 Å². The Labute approximate surface area is 750 Å². The van der Waals surface area contributed by atoms with Gasteiger partial charge in [-0.05, 0) is 192 Å². The molecule has 10 nitrogen and oxygen atoms in total. The van der Waals surface area contributed by atoms with E-state index in [1.165, 1.54) is 78.6 Å². The summed E-state index contributed by atoms with van der Waals surface area (Å²) < 4.78 is 14.4. The fourth-order valence-electron chi connectivity index (χ4n) is 20.9. The molecular weight excluding hydrogens is 1620 g/mol. The summed E-state index contributed by atoms with van der Waals surface area (Å²) in [5, 5.41) is 23.0. The molecule has 0 radical (unpaired) electrons. The topological polar surface area (TPSA) is 97.1 Å². The Hall–Kier alpha value is -16.9. The van der Waals surface area contributed by atoms with Crippen molar-refractivity contribution in [2.45, 2.75) is 0 Å². The Balaban J connectivity index is 0.513. The largest absolute Gasteiger partial charge is 0.309 e. The van der Waals surface area contributed by atoms with Crippen LogP contribution in [0, 0.1) is 0 Å². The van der Waals surface area contributed by atoms with Crippen molar-refractivity contribution in [1.29, 1.82) is 0 Å². The van der Waals surface area contributed by atoms with Crippen molar-refractivity contribution in [2.24, 2.45) is 0 Å². The Morgan fingerprint density at radius 3 is 0.977 bits per heavy atom. The van der Waals surface area contributed by atoms with E-state index in [9.17, 15) is 0 Å². The maximum Gasteiger partial charge on any atom is 0.238 e. The average Bonchev–Trinajstić information content (AvgIpc) is 1.59. The predicted octanol–water partition coefficient (Wildman–Crippen LogP) is 31.5. The van der Waals surface area contributed by atoms with Gasteiger partial charge in [0.15, 0.2) is 23.3 Å². The number of fused-ring (bicyclic) bond motifs is 22. The maximum atomic E-state index is 5.59. The highest BCUT2D eigenvalue weighted by atomic mass is 32.1. The summed E-state index contributed by atoms with van der Waals surface area (Å²) in [4.78, 5) is 32.8. The lowest BCUT2D eigenvalue weighted by Crippen LogP contribution is -2.06. The fourth-order valence-corrected chi connectivity index (χ4v) is 23.2. The molecule has 130 heavy (non-hydrogen) atoms. The molecule has 0 atom stereocenters. The molecule has 0 spiro atoms. The molecule has 0 aliphatic rings. The van der Waals surface area contributed by atoms with Gasteiger partial charge < -0.3 is 9.13 Å². The number of thiophene rings is 2. The van der Waals surface area contributed by atoms with Gasteiger partial charge in [-0.3, -0.25) is 9.13 Å². The molecule has 0 bridgehead atoms. The van der Waals surface area contributed by atoms with E-state index in [-0.39, 0.29) is 0 Å². The van der Waals surface area contributed by atoms with Gasteiger partial charge in [0.25, 0.3) is 0 Å². The third-order valence-electron chi connectivity index (χ3n) is 26.9. The lowest BCUT2D eigenvalue weighted by atomic mass is 9.97. The second-order valence-electron chi connectivity index (χ2n) is 34.0. The van der Waals surface area contributed by atoms with Crippen LogP contribution in [0.15, 0.2) is 413 Å². The van der Waals surface area contributed by atoms with Gasteiger partial charge in [-0.1, -0.05) is 297 Å². The summed E-state index contributed by atoms with van der Waals surface area (Å²) >= 11 is 3.71. The standard InChI is InChI=1S/C118H68N10S2/c1-4-29-80-69(22-1)25-17-38-91(80)113-119-114(92-39-18-26-70-23-2-5-30-81(70)92)122-117(121-113)127-102-44-14-9-34-86(102)97-65-75(52-59-106(97)127)73-50-57-104-95(63-73)84-32-7-12-42-100(84)125(104)79-54-61-110-99(68-79)89-56-49-77(67-111(89)129-110)72-48-55-83-78(62-72)28-20-41-94(83)116-120-115(93-40-19-27-71-24-3-6-31-82(71)93)123-118(124-116)128-103-45-15-10-35-87(103)98-66-76(53-60-107(98)128)74-51-58-105-96(64-74)85-33-8-13-43-101(85)126(105)108-46-21-37-90-88-36-11-16-47-109(88)130-112(90)108/h1-68H. The highest BCUT2D eigenvalue weighted by Crippen LogP contribution is 2.48. The summed E-state index contributed by atoms with van der Waals surface area (Å²) in [6.45, 7) is 0. The van der Waals surface area contributed by atoms with Gasteiger partial charge >= 0.3 is 0 Å². The molecule has 0 aliphatic carbocycles. The third kappa shape index (κ3) is 11.1. The minimum Gasteiger partial charge on any atom is -0.309 e. The van der Waals surface area contributed by atoms with Gasteiger partial charge in [0.05, 0.1) is 54.5 Å². The quantitative estimate of drug-likeness (QED) is 0.128. The van der Waals surface area contributed by atoms with Crippen LogP contribution in [0.5, 0.6) is 0 Å². The van der Waals surface area contributed by atoms with Gasteiger partial charge in [0, 0.05) is 107 Å². The van der Waals surface area contributed by atoms with E-state index in [4.69, 9.17) is 29.9 Å². The minimum absolute atomic E-state index is 0.544. The van der Waals surface area contributed by atoms with E-state index in [2.05, 4.69) is 431 Å². The number of para-hydroxylation sites is 4. The van der Waals surface area contributed by atoms with E-state index >= 15 is 0 Å². The fraction of sp³-hybridized carbons (Fsp3) is 0. The zero-order valence-corrected chi connectivity index (χ0v) is 71.2. The van der Waals surface area contributed by atoms with E-state index in [1.807, 2.05) is 22.7 Å². The van der Waals surface area contributed by atoms with Crippen LogP contribution in [-0.4, -0.2) is 48.2 Å². The summed E-state index contributed by atoms with van der Waals surface area (Å²) in [5.41, 5.74) is 21.6. The number of rotatable bonds is 11. The van der Waals surface area contributed by atoms with E-state index in [1.54, 1.807) is 0 Å². The molecule has 0 saturated heterocycles. The number of hydrogen-bond acceptors (Lipinski definition) is 8. The molecule has 602 valence electrons. The number of nitrogens with zero attached hydrogens (tertiary/aromatic N) is 10. The van der Waals surface area contributed by atoms with Crippen LogP contribution >= 0.6 is 22.7 Å². The van der Waals surface area contributed by atoms with Crippen LogP contribution in [0.3, 0.4) is 0 Å². The van der Waals surface area contributed by atoms with Gasteiger partial charge in [-0.25, -0.2) is 9.97 Å². The molecule has 0 fully saturated rings. The van der Waals surface area contributed by atoms with Crippen molar-refractivity contribution in [1.82, 2.24) is 48.2 Å². The summed E-state index contributed by atoms with van der Waals surface area (Å²) in [7, 11) is 0. The van der Waals surface area contributed by atoms with E-state index in [0.717, 1.165) is 159 Å². The van der Waals surface area contributed by atoms with E-state index < -0.39 is 0 Å². The van der Waals surface area contributed by atoms with Gasteiger partial charge in [-0.15, -0.1) is 22.7 Å². The molecular formula is C118H68N10S2. The molecule has 28 aromatic rings. The number of hydrogen-bond donors (Lipinski definition) is 0. The molecule has 20 aromatic carbocycles. The van der Waals surface area contributed by atoms with Crippen LogP contribution in [-0.2, 0) is 0 Å². The normalized spacial score (nSPS) is 12.2. The van der Waals surface area contributed by atoms with Gasteiger partial charge in [0.2, 0.25) is 11.9 Å². The molecule has 0 aliphatic heterocycles. The molecule has 0 unspecified atom stereocenters. The molecule has 8 heterocycles. The van der Waals surface area contributed by atoms with Crippen LogP contribution in [0.2, 0.25) is 0 Å². The molecule has 0 amide bonds. The first kappa shape index (κ1) is 72.4. The smallest absolute Gasteiger partial charge is 0.238 e. The maximum absolute atomic E-state index is 5.59. The summed E-state index contributed by atoms with van der Waals surface area (Å²) in [6.07, 6.45) is 0. The average molecular weight is 1690 g/mol. The molecule has 28 rings (SSSR count). The van der Waals surface area contributed by atoms with Gasteiger partial charge in [-0.2, -0.15) is 19.9 Å². The first-order chi connectivity index (χ1) is 64.4. The third-order valence-corrected chi connectivity index (χ3v) is 29.2. The molecule has 0 saturated carbocycles. The summed E-state index contributed by atoms with van der Waals surface area (Å²) in [6, 6.07) is 150. The van der Waals surface area contributed by atoms with Crippen LogP contribution < -0.4 is 0 Å². The zero-order chi connectivity index (χ0) is 84.9. The van der Waals surface area contributed by atoms with Crippen molar-refractivity contribution in [3.05, 3.63) is 413 Å². The van der Waals surface area contributed by atoms with Gasteiger partial charge in [0.1, 0.15) is 0 Å². The van der Waals surface area contributed by atoms with Crippen molar-refractivity contribution in [3.8, 4) is 102 Å². The zero-order valence-electron chi connectivity index (χ0n) is 69.5. The second kappa shape index (κ2) is 28.3. The van der Waals surface area contributed by atoms with Crippen LogP contribution in [0.1, 0.15) is 0 Å². The lowest BCUT2D eigenvalue weighted by Gasteiger charge is -2.14. The highest BCUT2D eigenvalue weighted by molar-refractivity contribution is 7.26. The summed E-state index contributed by atoms with van der Waals surface area (Å²) in [5.74, 6) is 3.53. The molecule has 0 N–H and O–H groups in total. The van der Waals surface area contributed by atoms with Crippen LogP contribution in [0.25, 0.3) is 273 Å². The molecule has 8 aromatic heterocycles. The van der Waals surface area contributed by atoms with Crippen molar-refractivity contribution < 1.29 is 0 Å². The number of aromatic nitrogens is 10. The monoisotopic (exact) mass is 1690 g/mol. The number of benzene rings is 20. The Bertz CT molecular complexity index is 9650. The van der Waals surface area contributed by atoms with Crippen molar-refractivity contribution in [3.63, 3.8) is 0 Å². The highest BCUT2D eigenvalue weighted by Gasteiger charge is 2.27. The lowest BCUT2D eigenvalue weighted by molar-refractivity contribution is 0.955. The SMILES string of the molecule is c1ccc2c(-c3nc(-c4cccc5ccccc45)nc(-n4c5ccccc5c5cc(-c6ccc7c(c6)c6ccccc6n7-c6ccc7sc8cc(-c9ccc%10c(-c%11nc(-c%12cccc%13ccccc%12%13)nc(-n%12c%13ccccc%13c%13cc(-c%14ccc%15c(c%14)c%14ccccc%14n%15-c%14cccc%15c%14sc%14ccccc%14%15)ccc%13%12)n%11)cccc%10c9)ccc8c7c6)ccc54)n3)cccc2c1. The first-order valence-corrected chi connectivity index (χ1v) is 45.6. The van der Waals surface area contributed by atoms with E-state index in [0.29, 0.717) is 35.2 Å². The first-order valence-electron chi connectivity index (χ1n) is 43.9.